The zero-order chi connectivity index (χ0) is 82.0. The zero-order valence-corrected chi connectivity index (χ0v) is 83.9. The van der Waals surface area contributed by atoms with Crippen molar-refractivity contribution in [3.63, 3.8) is 0 Å². The van der Waals surface area contributed by atoms with Gasteiger partial charge < -0.3 is 0 Å². The van der Waals surface area contributed by atoms with Gasteiger partial charge in [0.05, 0.1) is 0 Å². The monoisotopic (exact) mass is 1880 g/mol. The smallest absolute Gasteiger partial charge is 0.0445 e. The average molecular weight is 1890 g/mol. The fourth-order valence-electron chi connectivity index (χ4n) is 10.8. The molecule has 0 saturated carbocycles. The van der Waals surface area contributed by atoms with E-state index in [9.17, 15) is 0 Å². The SMILES string of the molecule is Cc1cc(-c2ccc(C)s2)cs1.Cc1cc(-c2ccc(C)s2)cs1.Cc1ccc(-c2ccc(C)s2)s1.Cc1ccc(-c2cccs2)s1.Cc1ccc(-c2ccsc2)s1.Cc1csc(-c2cc(C)cs2)c1.Cc1csc(-c2ccc(C)s2)c1.Cc1csc(-c2cccs2)c1.Cc1csc(-c2ccsc2)c1.Cc1csc(-c2csc(C)c2)c1. The van der Waals surface area contributed by atoms with Crippen LogP contribution in [-0.2, 0) is 0 Å². The van der Waals surface area contributed by atoms with Crippen molar-refractivity contribution in [1.82, 2.24) is 0 Å². The average Bonchev–Trinajstić information content (AvgIpc) is 1.74. The number of aryl methyl sites for hydroxylation is 16. The molecule has 0 aliphatic carbocycles. The van der Waals surface area contributed by atoms with Crippen molar-refractivity contribution in [1.29, 1.82) is 0 Å². The second-order valence-corrected chi connectivity index (χ2v) is 48.4. The van der Waals surface area contributed by atoms with Gasteiger partial charge in [-0.05, 0) is 389 Å². The quantitative estimate of drug-likeness (QED) is 0.128. The van der Waals surface area contributed by atoms with Crippen LogP contribution in [0, 0.1) is 111 Å². The van der Waals surface area contributed by atoms with Gasteiger partial charge in [-0.1, -0.05) is 12.1 Å². The lowest BCUT2D eigenvalue weighted by molar-refractivity contribution is 1.55. The second-order valence-electron chi connectivity index (χ2n) is 27.1. The molecule has 0 bridgehead atoms. The molecule has 0 aliphatic heterocycles. The molecule has 0 amide bonds. The molecule has 20 heteroatoms. The highest BCUT2D eigenvalue weighted by Crippen LogP contribution is 2.39. The first kappa shape index (κ1) is 90.8. The van der Waals surface area contributed by atoms with Crippen LogP contribution in [0.25, 0.3) is 101 Å². The molecule has 596 valence electrons. The maximum atomic E-state index is 2.25. The van der Waals surface area contributed by atoms with Crippen LogP contribution in [0.3, 0.4) is 0 Å². The van der Waals surface area contributed by atoms with Crippen LogP contribution in [0.5, 0.6) is 0 Å². The Morgan fingerprint density at radius 3 is 0.621 bits per heavy atom. The van der Waals surface area contributed by atoms with E-state index < -0.39 is 0 Å². The van der Waals surface area contributed by atoms with E-state index in [0.717, 1.165) is 0 Å². The van der Waals surface area contributed by atoms with Crippen LogP contribution in [0.1, 0.15) is 82.2 Å². The molecule has 0 saturated heterocycles. The Labute approximate surface area is 767 Å². The Balaban J connectivity index is 0.000000127. The minimum absolute atomic E-state index is 1.35. The van der Waals surface area contributed by atoms with E-state index in [4.69, 9.17) is 0 Å². The van der Waals surface area contributed by atoms with Crippen molar-refractivity contribution in [2.45, 2.75) is 111 Å². The molecule has 0 unspecified atom stereocenters. The first-order valence-corrected chi connectivity index (χ1v) is 54.3. The third-order valence-electron chi connectivity index (χ3n) is 16.5. The van der Waals surface area contributed by atoms with E-state index >= 15 is 0 Å². The molecule has 0 fully saturated rings. The van der Waals surface area contributed by atoms with Gasteiger partial charge in [0.1, 0.15) is 0 Å². The molecule has 116 heavy (non-hydrogen) atoms. The van der Waals surface area contributed by atoms with Crippen LogP contribution >= 0.6 is 227 Å². The summed E-state index contributed by atoms with van der Waals surface area (Å²) in [4.78, 5) is 34.6. The highest BCUT2D eigenvalue weighted by molar-refractivity contribution is 7.24. The highest BCUT2D eigenvalue weighted by Gasteiger charge is 2.10. The summed E-state index contributed by atoms with van der Waals surface area (Å²) < 4.78 is 0. The van der Waals surface area contributed by atoms with Crippen molar-refractivity contribution in [3.05, 3.63) is 339 Å². The number of rotatable bonds is 10. The van der Waals surface area contributed by atoms with Gasteiger partial charge in [-0.3, -0.25) is 0 Å². The Morgan fingerprint density at radius 1 is 0.147 bits per heavy atom. The standard InChI is InChI=1S/6C10H10S2.4C9H8S2/c1-7-3-10(12-5-7)9-4-8(2)11-6-9;1-7-3-9(11-5-7)10-4-8(2)6-12-10;1-7-3-5-9(11-7)10-6-4-8(2)12-10;1-7-5-10(11-6-7)9-4-3-8(2)12-9;2*1-7-3-4-10(12-7)9-5-8(2)11-6-9;1-7-4-9(11-5-7)8-2-3-10-6-8;1-7-2-3-9(11-7)8-4-5-10-6-8;1-7-4-5-9(11-7)8-3-2-6-10-8;1-7-5-9(11-6-7)8-3-2-4-10-8/h6*3-6H,1-2H3;4*2-6H,1H3. The van der Waals surface area contributed by atoms with E-state index in [1.165, 1.54) is 183 Å². The Hall–Kier alpha value is -6.00. The summed E-state index contributed by atoms with van der Waals surface area (Å²) in [6.45, 7) is 34.3. The van der Waals surface area contributed by atoms with Crippen LogP contribution in [0.15, 0.2) is 257 Å². The number of thiophene rings is 20. The van der Waals surface area contributed by atoms with Crippen molar-refractivity contribution >= 4 is 227 Å². The van der Waals surface area contributed by atoms with Gasteiger partial charge in [-0.25, -0.2) is 0 Å². The fraction of sp³-hybridized carbons (Fsp3) is 0.167. The Kier molecular flexibility index (Phi) is 36.1. The lowest BCUT2D eigenvalue weighted by atomic mass is 10.2. The summed E-state index contributed by atoms with van der Waals surface area (Å²) in [5, 5.41) is 32.7. The summed E-state index contributed by atoms with van der Waals surface area (Å²) in [6.07, 6.45) is 0. The predicted octanol–water partition coefficient (Wildman–Crippen LogP) is 39.7. The molecule has 0 N–H and O–H groups in total. The van der Waals surface area contributed by atoms with Crippen LogP contribution in [0.2, 0.25) is 0 Å². The minimum atomic E-state index is 1.35. The minimum Gasteiger partial charge on any atom is -0.152 e. The van der Waals surface area contributed by atoms with Gasteiger partial charge in [0, 0.05) is 150 Å². The maximum absolute atomic E-state index is 2.25. The molecule has 20 aromatic heterocycles. The summed E-state index contributed by atoms with van der Waals surface area (Å²) in [6, 6.07) is 63.6. The largest absolute Gasteiger partial charge is 0.152 e. The third-order valence-corrected chi connectivity index (χ3v) is 36.7. The van der Waals surface area contributed by atoms with E-state index in [0.29, 0.717) is 0 Å². The predicted molar refractivity (Wildman–Crippen MR) is 552 cm³/mol. The fourth-order valence-corrected chi connectivity index (χ4v) is 28.0. The second kappa shape index (κ2) is 46.1. The maximum Gasteiger partial charge on any atom is 0.0445 e. The number of hydrogen-bond acceptors (Lipinski definition) is 20. The highest BCUT2D eigenvalue weighted by atomic mass is 32.2. The molecule has 0 atom stereocenters. The van der Waals surface area contributed by atoms with Gasteiger partial charge in [0.2, 0.25) is 0 Å². The Bertz CT molecular complexity index is 4970. The molecular weight excluding hydrogens is 1790 g/mol. The van der Waals surface area contributed by atoms with E-state index in [1.54, 1.807) is 45.3 Å². The molecule has 0 nitrogen and oxygen atoms in total. The molecule has 0 radical (unpaired) electrons. The summed E-state index contributed by atoms with van der Waals surface area (Å²) in [5.41, 5.74) is 15.0. The first-order chi connectivity index (χ1) is 56.0. The topological polar surface area (TPSA) is 0 Å². The molecule has 20 rings (SSSR count). The van der Waals surface area contributed by atoms with Gasteiger partial charge in [-0.2, -0.15) is 22.7 Å². The molecule has 0 spiro atoms. The Morgan fingerprint density at radius 2 is 0.379 bits per heavy atom. The van der Waals surface area contributed by atoms with E-state index in [-0.39, 0.29) is 0 Å². The van der Waals surface area contributed by atoms with Crippen LogP contribution in [-0.4, -0.2) is 0 Å². The van der Waals surface area contributed by atoms with Crippen molar-refractivity contribution in [2.75, 3.05) is 0 Å². The van der Waals surface area contributed by atoms with Gasteiger partial charge >= 0.3 is 0 Å². The van der Waals surface area contributed by atoms with E-state index in [1.807, 2.05) is 181 Å². The molecule has 20 heterocycles. The molecule has 0 aliphatic rings. The van der Waals surface area contributed by atoms with Crippen LogP contribution < -0.4 is 0 Å². The van der Waals surface area contributed by atoms with Crippen molar-refractivity contribution in [2.24, 2.45) is 0 Å². The summed E-state index contributed by atoms with van der Waals surface area (Å²) in [5.74, 6) is 0. The zero-order valence-electron chi connectivity index (χ0n) is 67.6. The lowest BCUT2D eigenvalue weighted by Gasteiger charge is -1.87. The van der Waals surface area contributed by atoms with Crippen molar-refractivity contribution in [3.8, 4) is 101 Å². The van der Waals surface area contributed by atoms with Gasteiger partial charge in [-0.15, -0.1) is 204 Å². The molecule has 20 aromatic rings. The van der Waals surface area contributed by atoms with Crippen molar-refractivity contribution < 1.29 is 0 Å². The molecule has 0 aromatic carbocycles. The third kappa shape index (κ3) is 29.1. The summed E-state index contributed by atoms with van der Waals surface area (Å²) >= 11 is 36.5. The summed E-state index contributed by atoms with van der Waals surface area (Å²) in [7, 11) is 0. The molecular formula is C96H92S20. The van der Waals surface area contributed by atoms with Gasteiger partial charge in [0.15, 0.2) is 0 Å². The normalized spacial score (nSPS) is 10.4. The lowest BCUT2D eigenvalue weighted by Crippen LogP contribution is -1.62. The number of hydrogen-bond donors (Lipinski definition) is 0. The van der Waals surface area contributed by atoms with Gasteiger partial charge in [0.25, 0.3) is 0 Å². The van der Waals surface area contributed by atoms with E-state index in [2.05, 4.69) is 367 Å². The van der Waals surface area contributed by atoms with Crippen LogP contribution in [0.4, 0.5) is 0 Å². The first-order valence-electron chi connectivity index (χ1n) is 37.0.